The van der Waals surface area contributed by atoms with Crippen molar-refractivity contribution < 1.29 is 9.32 Å². The highest BCUT2D eigenvalue weighted by atomic mass is 32.2. The summed E-state index contributed by atoms with van der Waals surface area (Å²) in [6.07, 6.45) is 2.22. The summed E-state index contributed by atoms with van der Waals surface area (Å²) in [5.41, 5.74) is 0. The number of aromatic nitrogens is 2. The van der Waals surface area contributed by atoms with Crippen molar-refractivity contribution in [3.05, 3.63) is 23.4 Å². The molecule has 0 radical (unpaired) electrons. The number of hydrogen-bond acceptors (Lipinski definition) is 6. The number of carbonyl (C=O) groups is 1. The first kappa shape index (κ1) is 13.6. The molecule has 1 amide bonds. The van der Waals surface area contributed by atoms with Crippen LogP contribution >= 0.6 is 23.1 Å². The van der Waals surface area contributed by atoms with Gasteiger partial charge < -0.3 is 9.84 Å². The lowest BCUT2D eigenvalue weighted by Crippen LogP contribution is -2.32. The molecule has 0 bridgehead atoms. The van der Waals surface area contributed by atoms with Crippen LogP contribution in [-0.2, 0) is 10.5 Å². The SMILES string of the molecule is CC(SCc1nc(-c2cccs2)no1)C(=O)NC1CC1. The number of nitrogens with one attached hydrogen (secondary N) is 1. The number of rotatable bonds is 6. The number of thioether (sulfide) groups is 1. The third-order valence-electron chi connectivity index (χ3n) is 2.96. The zero-order valence-electron chi connectivity index (χ0n) is 11.0. The monoisotopic (exact) mass is 309 g/mol. The maximum absolute atomic E-state index is 11.8. The number of carbonyl (C=O) groups excluding carboxylic acids is 1. The van der Waals surface area contributed by atoms with Crippen molar-refractivity contribution in [1.82, 2.24) is 15.5 Å². The highest BCUT2D eigenvalue weighted by molar-refractivity contribution is 7.99. The maximum atomic E-state index is 11.8. The predicted molar refractivity (Wildman–Crippen MR) is 79.5 cm³/mol. The second kappa shape index (κ2) is 5.97. The van der Waals surface area contributed by atoms with E-state index in [1.807, 2.05) is 24.4 Å². The third kappa shape index (κ3) is 3.40. The summed E-state index contributed by atoms with van der Waals surface area (Å²) in [5, 5.41) is 8.82. The van der Waals surface area contributed by atoms with E-state index in [4.69, 9.17) is 4.52 Å². The normalized spacial score (nSPS) is 16.1. The van der Waals surface area contributed by atoms with E-state index in [0.717, 1.165) is 17.7 Å². The van der Waals surface area contributed by atoms with E-state index in [1.54, 1.807) is 11.3 Å². The van der Waals surface area contributed by atoms with E-state index >= 15 is 0 Å². The molecule has 2 aromatic rings. The molecule has 5 nitrogen and oxygen atoms in total. The van der Waals surface area contributed by atoms with Crippen LogP contribution in [-0.4, -0.2) is 27.3 Å². The van der Waals surface area contributed by atoms with Gasteiger partial charge in [-0.25, -0.2) is 0 Å². The Morgan fingerprint density at radius 2 is 2.50 bits per heavy atom. The minimum absolute atomic E-state index is 0.0931. The first-order chi connectivity index (χ1) is 9.72. The van der Waals surface area contributed by atoms with E-state index in [0.29, 0.717) is 23.5 Å². The van der Waals surface area contributed by atoms with Crippen molar-refractivity contribution >= 4 is 29.0 Å². The maximum Gasteiger partial charge on any atom is 0.237 e. The molecular formula is C13H15N3O2S2. The minimum Gasteiger partial charge on any atom is -0.352 e. The Kier molecular flexibility index (Phi) is 4.07. The van der Waals surface area contributed by atoms with Gasteiger partial charge in [-0.1, -0.05) is 11.2 Å². The van der Waals surface area contributed by atoms with Gasteiger partial charge in [0.25, 0.3) is 0 Å². The summed E-state index contributed by atoms with van der Waals surface area (Å²) < 4.78 is 5.21. The predicted octanol–water partition coefficient (Wildman–Crippen LogP) is 2.70. The topological polar surface area (TPSA) is 68.0 Å². The first-order valence-electron chi connectivity index (χ1n) is 6.51. The molecule has 1 aliphatic carbocycles. The van der Waals surface area contributed by atoms with Crippen LogP contribution in [0.3, 0.4) is 0 Å². The van der Waals surface area contributed by atoms with Gasteiger partial charge in [0.05, 0.1) is 15.9 Å². The van der Waals surface area contributed by atoms with E-state index in [2.05, 4.69) is 15.5 Å². The lowest BCUT2D eigenvalue weighted by Gasteiger charge is -2.09. The molecule has 1 aliphatic rings. The van der Waals surface area contributed by atoms with Gasteiger partial charge in [0.2, 0.25) is 17.6 Å². The van der Waals surface area contributed by atoms with E-state index in [-0.39, 0.29) is 11.2 Å². The molecule has 2 aromatic heterocycles. The molecule has 106 valence electrons. The van der Waals surface area contributed by atoms with Crippen LogP contribution < -0.4 is 5.32 Å². The van der Waals surface area contributed by atoms with Gasteiger partial charge in [0, 0.05) is 6.04 Å². The van der Waals surface area contributed by atoms with Crippen molar-refractivity contribution in [1.29, 1.82) is 0 Å². The molecule has 0 spiro atoms. The molecule has 1 saturated carbocycles. The Bertz CT molecular complexity index is 578. The number of hydrogen-bond donors (Lipinski definition) is 1. The van der Waals surface area contributed by atoms with Crippen LogP contribution in [0.5, 0.6) is 0 Å². The van der Waals surface area contributed by atoms with Gasteiger partial charge >= 0.3 is 0 Å². The zero-order chi connectivity index (χ0) is 13.9. The second-order valence-electron chi connectivity index (χ2n) is 4.73. The van der Waals surface area contributed by atoms with Gasteiger partial charge in [0.15, 0.2) is 0 Å². The van der Waals surface area contributed by atoms with Crippen molar-refractivity contribution in [2.45, 2.75) is 36.8 Å². The zero-order valence-corrected chi connectivity index (χ0v) is 12.7. The Morgan fingerprint density at radius 3 is 3.20 bits per heavy atom. The molecule has 1 unspecified atom stereocenters. The Balaban J connectivity index is 1.51. The van der Waals surface area contributed by atoms with Crippen LogP contribution in [0.4, 0.5) is 0 Å². The summed E-state index contributed by atoms with van der Waals surface area (Å²) in [7, 11) is 0. The Hall–Kier alpha value is -1.34. The molecule has 2 heterocycles. The van der Waals surface area contributed by atoms with Crippen molar-refractivity contribution in [2.24, 2.45) is 0 Å². The summed E-state index contributed by atoms with van der Waals surface area (Å²) in [5.74, 6) is 1.82. The average Bonchev–Trinajstić information content (AvgIpc) is 2.97. The lowest BCUT2D eigenvalue weighted by atomic mass is 10.4. The molecule has 0 aliphatic heterocycles. The first-order valence-corrected chi connectivity index (χ1v) is 8.43. The smallest absolute Gasteiger partial charge is 0.237 e. The van der Waals surface area contributed by atoms with Crippen molar-refractivity contribution in [3.8, 4) is 10.7 Å². The Labute approximate surface area is 125 Å². The van der Waals surface area contributed by atoms with Gasteiger partial charge in [-0.2, -0.15) is 4.98 Å². The summed E-state index contributed by atoms with van der Waals surface area (Å²) in [4.78, 5) is 17.1. The van der Waals surface area contributed by atoms with Crippen LogP contribution in [0.2, 0.25) is 0 Å². The highest BCUT2D eigenvalue weighted by Crippen LogP contribution is 2.24. The Morgan fingerprint density at radius 1 is 1.65 bits per heavy atom. The highest BCUT2D eigenvalue weighted by Gasteiger charge is 2.26. The molecule has 1 atom stereocenters. The molecule has 1 N–H and O–H groups in total. The quantitative estimate of drug-likeness (QED) is 0.888. The van der Waals surface area contributed by atoms with Gasteiger partial charge in [0.1, 0.15) is 0 Å². The molecule has 3 rings (SSSR count). The van der Waals surface area contributed by atoms with E-state index in [1.165, 1.54) is 11.8 Å². The minimum atomic E-state index is -0.104. The van der Waals surface area contributed by atoms with E-state index in [9.17, 15) is 4.79 Å². The van der Waals surface area contributed by atoms with Gasteiger partial charge in [-0.05, 0) is 31.2 Å². The fourth-order valence-corrected chi connectivity index (χ4v) is 3.02. The summed E-state index contributed by atoms with van der Waals surface area (Å²) in [6, 6.07) is 4.31. The fourth-order valence-electron chi connectivity index (χ4n) is 1.64. The largest absolute Gasteiger partial charge is 0.352 e. The lowest BCUT2D eigenvalue weighted by molar-refractivity contribution is -0.120. The molecule has 0 aromatic carbocycles. The third-order valence-corrected chi connectivity index (χ3v) is 4.95. The van der Waals surface area contributed by atoms with E-state index < -0.39 is 0 Å². The molecule has 0 saturated heterocycles. The molecule has 20 heavy (non-hydrogen) atoms. The average molecular weight is 309 g/mol. The molecule has 7 heteroatoms. The fraction of sp³-hybridized carbons (Fsp3) is 0.462. The standard InChI is InChI=1S/C13H15N3O2S2/c1-8(13(17)14-9-4-5-9)20-7-11-15-12(16-18-11)10-3-2-6-19-10/h2-3,6,8-9H,4-5,7H2,1H3,(H,14,17). The molecule has 1 fully saturated rings. The number of nitrogens with zero attached hydrogens (tertiary/aromatic N) is 2. The summed E-state index contributed by atoms with van der Waals surface area (Å²) in [6.45, 7) is 1.90. The van der Waals surface area contributed by atoms with Crippen LogP contribution in [0.15, 0.2) is 22.0 Å². The van der Waals surface area contributed by atoms with Crippen LogP contribution in [0.25, 0.3) is 10.7 Å². The van der Waals surface area contributed by atoms with Crippen molar-refractivity contribution in [3.63, 3.8) is 0 Å². The molecular weight excluding hydrogens is 294 g/mol. The summed E-state index contributed by atoms with van der Waals surface area (Å²) >= 11 is 3.09. The second-order valence-corrected chi connectivity index (χ2v) is 7.00. The van der Waals surface area contributed by atoms with Gasteiger partial charge in [-0.15, -0.1) is 23.1 Å². The van der Waals surface area contributed by atoms with Gasteiger partial charge in [-0.3, -0.25) is 4.79 Å². The van der Waals surface area contributed by atoms with Crippen LogP contribution in [0.1, 0.15) is 25.7 Å². The number of amides is 1. The number of thiophene rings is 1. The van der Waals surface area contributed by atoms with Crippen LogP contribution in [0, 0.1) is 0 Å². The van der Waals surface area contributed by atoms with Crippen molar-refractivity contribution in [2.75, 3.05) is 0 Å².